The van der Waals surface area contributed by atoms with Gasteiger partial charge in [-0.25, -0.2) is 0 Å². The first-order valence-corrected chi connectivity index (χ1v) is 5.85. The summed E-state index contributed by atoms with van der Waals surface area (Å²) in [6.45, 7) is 3.48. The second-order valence-electron chi connectivity index (χ2n) is 3.40. The fourth-order valence-electron chi connectivity index (χ4n) is 1.51. The quantitative estimate of drug-likeness (QED) is 0.370. The van der Waals surface area contributed by atoms with Crippen LogP contribution in [0.3, 0.4) is 0 Å². The molecule has 1 aromatic carbocycles. The third kappa shape index (κ3) is 2.47. The van der Waals surface area contributed by atoms with Gasteiger partial charge in [0.2, 0.25) is 0 Å². The van der Waals surface area contributed by atoms with Gasteiger partial charge in [0.25, 0.3) is 5.69 Å². The third-order valence-electron chi connectivity index (χ3n) is 2.31. The van der Waals surface area contributed by atoms with Crippen LogP contribution in [0, 0.1) is 10.1 Å². The van der Waals surface area contributed by atoms with E-state index in [0.717, 1.165) is 0 Å². The van der Waals surface area contributed by atoms with Gasteiger partial charge < -0.3 is 0 Å². The third-order valence-corrected chi connectivity index (χ3v) is 2.73. The number of Topliss-reactive ketones (excluding diaryl/α,β-unsaturated/α-hetero) is 1. The Morgan fingerprint density at radius 1 is 1.56 bits per heavy atom. The Hall–Kier alpha value is -1.23. The monoisotopic (exact) mass is 285 g/mol. The predicted molar refractivity (Wildman–Crippen MR) is 65.2 cm³/mol. The summed E-state index contributed by atoms with van der Waals surface area (Å²) in [5.74, 6) is -0.262. The molecule has 0 bridgehead atoms. The number of nitrogens with zero attached hydrogens (tertiary/aromatic N) is 1. The van der Waals surface area contributed by atoms with Crippen molar-refractivity contribution in [1.29, 1.82) is 0 Å². The second kappa shape index (κ2) is 5.21. The highest BCUT2D eigenvalue weighted by Crippen LogP contribution is 2.26. The van der Waals surface area contributed by atoms with Crippen LogP contribution in [-0.4, -0.2) is 15.5 Å². The van der Waals surface area contributed by atoms with Gasteiger partial charge in [-0.15, -0.1) is 0 Å². The van der Waals surface area contributed by atoms with Crippen molar-refractivity contribution >= 4 is 27.4 Å². The van der Waals surface area contributed by atoms with Crippen molar-refractivity contribution in [2.45, 2.75) is 25.1 Å². The average Bonchev–Trinajstić information content (AvgIpc) is 2.26. The van der Waals surface area contributed by atoms with Gasteiger partial charge in [-0.1, -0.05) is 35.0 Å². The summed E-state index contributed by atoms with van der Waals surface area (Å²) in [4.78, 5) is 21.9. The molecular weight excluding hydrogens is 274 g/mol. The zero-order valence-electron chi connectivity index (χ0n) is 9.07. The Balaban J connectivity index is 3.39. The first-order chi connectivity index (χ1) is 7.49. The van der Waals surface area contributed by atoms with E-state index in [4.69, 9.17) is 0 Å². The Labute approximate surface area is 102 Å². The Morgan fingerprint density at radius 2 is 2.19 bits per heavy atom. The Morgan fingerprint density at radius 3 is 2.62 bits per heavy atom. The Kier molecular flexibility index (Phi) is 4.18. The number of para-hydroxylation sites is 1. The minimum Gasteiger partial charge on any atom is -0.293 e. The number of hydrogen-bond acceptors (Lipinski definition) is 3. The lowest BCUT2D eigenvalue weighted by molar-refractivity contribution is -0.385. The number of nitro benzene ring substituents is 1. The first kappa shape index (κ1) is 12.8. The molecule has 0 aliphatic heterocycles. The van der Waals surface area contributed by atoms with Gasteiger partial charge in [0, 0.05) is 5.56 Å². The van der Waals surface area contributed by atoms with E-state index >= 15 is 0 Å². The highest BCUT2D eigenvalue weighted by molar-refractivity contribution is 9.10. The number of aryl methyl sites for hydroxylation is 1. The summed E-state index contributed by atoms with van der Waals surface area (Å²) in [6.07, 6.45) is 0.536. The molecule has 0 saturated carbocycles. The number of halogens is 1. The maximum atomic E-state index is 11.8. The van der Waals surface area contributed by atoms with Crippen molar-refractivity contribution in [3.63, 3.8) is 0 Å². The van der Waals surface area contributed by atoms with Crippen LogP contribution in [0.25, 0.3) is 0 Å². The van der Waals surface area contributed by atoms with Crippen LogP contribution < -0.4 is 0 Å². The van der Waals surface area contributed by atoms with Crippen molar-refractivity contribution in [2.75, 3.05) is 0 Å². The molecule has 0 saturated heterocycles. The lowest BCUT2D eigenvalue weighted by Crippen LogP contribution is -2.13. The fraction of sp³-hybridized carbons (Fsp3) is 0.364. The number of nitro groups is 1. The topological polar surface area (TPSA) is 60.2 Å². The maximum Gasteiger partial charge on any atom is 0.283 e. The van der Waals surface area contributed by atoms with Gasteiger partial charge in [0.1, 0.15) is 0 Å². The lowest BCUT2D eigenvalue weighted by atomic mass is 10.0. The molecule has 16 heavy (non-hydrogen) atoms. The zero-order valence-corrected chi connectivity index (χ0v) is 10.7. The van der Waals surface area contributed by atoms with Crippen LogP contribution in [0.15, 0.2) is 18.2 Å². The molecule has 4 nitrogen and oxygen atoms in total. The molecule has 0 aliphatic rings. The smallest absolute Gasteiger partial charge is 0.283 e. The summed E-state index contributed by atoms with van der Waals surface area (Å²) < 4.78 is 0. The number of ketones is 1. The van der Waals surface area contributed by atoms with Gasteiger partial charge in [-0.3, -0.25) is 14.9 Å². The summed E-state index contributed by atoms with van der Waals surface area (Å²) >= 11 is 3.13. The molecule has 0 N–H and O–H groups in total. The van der Waals surface area contributed by atoms with Crippen molar-refractivity contribution < 1.29 is 9.72 Å². The van der Waals surface area contributed by atoms with Crippen molar-refractivity contribution in [3.8, 4) is 0 Å². The lowest BCUT2D eigenvalue weighted by Gasteiger charge is -2.06. The minimum atomic E-state index is -0.485. The maximum absolute atomic E-state index is 11.8. The van der Waals surface area contributed by atoms with Crippen LogP contribution in [0.4, 0.5) is 5.69 Å². The van der Waals surface area contributed by atoms with Crippen LogP contribution in [0.2, 0.25) is 0 Å². The molecule has 0 amide bonds. The van der Waals surface area contributed by atoms with E-state index in [1.165, 1.54) is 6.07 Å². The molecule has 0 aliphatic carbocycles. The van der Waals surface area contributed by atoms with Crippen LogP contribution in [0.5, 0.6) is 0 Å². The molecule has 5 heteroatoms. The molecular formula is C11H12BrNO3. The molecule has 1 unspecified atom stereocenters. The van der Waals surface area contributed by atoms with E-state index in [0.29, 0.717) is 12.0 Å². The zero-order chi connectivity index (χ0) is 12.3. The SMILES string of the molecule is CCc1cccc(C(=O)C(C)Br)c1[N+](=O)[O-]. The molecule has 0 fully saturated rings. The minimum absolute atomic E-state index is 0.0682. The van der Waals surface area contributed by atoms with Crippen molar-refractivity contribution in [1.82, 2.24) is 0 Å². The fourth-order valence-corrected chi connectivity index (χ4v) is 1.75. The van der Waals surface area contributed by atoms with Gasteiger partial charge >= 0.3 is 0 Å². The van der Waals surface area contributed by atoms with Gasteiger partial charge in [0.15, 0.2) is 5.78 Å². The molecule has 0 spiro atoms. The Bertz CT molecular complexity index is 429. The van der Waals surface area contributed by atoms with Crippen molar-refractivity contribution in [2.24, 2.45) is 0 Å². The van der Waals surface area contributed by atoms with E-state index in [2.05, 4.69) is 15.9 Å². The van der Waals surface area contributed by atoms with E-state index in [-0.39, 0.29) is 17.0 Å². The van der Waals surface area contributed by atoms with Gasteiger partial charge in [-0.05, 0) is 19.4 Å². The standard InChI is InChI=1S/C11H12BrNO3/c1-3-8-5-4-6-9(10(8)13(15)16)11(14)7(2)12/h4-7H,3H2,1-2H3. The second-order valence-corrected chi connectivity index (χ2v) is 4.78. The summed E-state index contributed by atoms with van der Waals surface area (Å²) in [7, 11) is 0. The normalized spacial score (nSPS) is 12.2. The molecule has 1 atom stereocenters. The van der Waals surface area contributed by atoms with Gasteiger partial charge in [-0.2, -0.15) is 0 Å². The molecule has 0 aromatic heterocycles. The number of rotatable bonds is 4. The molecule has 1 rings (SSSR count). The number of benzene rings is 1. The summed E-state index contributed by atoms with van der Waals surface area (Å²) in [5.41, 5.74) is 0.694. The van der Waals surface area contributed by atoms with E-state index < -0.39 is 9.75 Å². The van der Waals surface area contributed by atoms with Gasteiger partial charge in [0.05, 0.1) is 15.3 Å². The van der Waals surface area contributed by atoms with E-state index in [9.17, 15) is 14.9 Å². The predicted octanol–water partition coefficient (Wildman–Crippen LogP) is 3.12. The molecule has 1 aromatic rings. The summed E-state index contributed by atoms with van der Waals surface area (Å²) in [5, 5.41) is 11.0. The molecule has 0 heterocycles. The highest BCUT2D eigenvalue weighted by atomic mass is 79.9. The largest absolute Gasteiger partial charge is 0.293 e. The summed E-state index contributed by atoms with van der Waals surface area (Å²) in [6, 6.07) is 4.85. The molecule has 86 valence electrons. The molecule has 0 radical (unpaired) electrons. The number of alkyl halides is 1. The van der Waals surface area contributed by atoms with Crippen molar-refractivity contribution in [3.05, 3.63) is 39.4 Å². The number of carbonyl (C=O) groups is 1. The number of carbonyl (C=O) groups excluding carboxylic acids is 1. The van der Waals surface area contributed by atoms with E-state index in [1.807, 2.05) is 6.92 Å². The van der Waals surface area contributed by atoms with Crippen LogP contribution in [-0.2, 0) is 6.42 Å². The first-order valence-electron chi connectivity index (χ1n) is 4.93. The van der Waals surface area contributed by atoms with Crippen LogP contribution >= 0.6 is 15.9 Å². The number of hydrogen-bond donors (Lipinski definition) is 0. The highest BCUT2D eigenvalue weighted by Gasteiger charge is 2.25. The van der Waals surface area contributed by atoms with Crippen LogP contribution in [0.1, 0.15) is 29.8 Å². The average molecular weight is 286 g/mol. The van der Waals surface area contributed by atoms with E-state index in [1.54, 1.807) is 19.1 Å².